The third kappa shape index (κ3) is 1.65. The van der Waals surface area contributed by atoms with Crippen LogP contribution >= 0.6 is 0 Å². The van der Waals surface area contributed by atoms with E-state index in [2.05, 4.69) is 60.5 Å². The second-order valence-electron chi connectivity index (χ2n) is 5.90. The molecule has 1 nitrogen and oxygen atoms in total. The van der Waals surface area contributed by atoms with Crippen molar-refractivity contribution in [1.29, 1.82) is 0 Å². The summed E-state index contributed by atoms with van der Waals surface area (Å²) in [7, 11) is 2.27. The minimum atomic E-state index is 0.569. The first kappa shape index (κ1) is 11.2. The molecule has 2 aromatic carbocycles. The summed E-state index contributed by atoms with van der Waals surface area (Å²) in [6.07, 6.45) is 2.50. The van der Waals surface area contributed by atoms with E-state index in [-0.39, 0.29) is 0 Å². The van der Waals surface area contributed by atoms with Gasteiger partial charge in [0.2, 0.25) is 0 Å². The van der Waals surface area contributed by atoms with Gasteiger partial charge in [-0.3, -0.25) is 4.90 Å². The van der Waals surface area contributed by atoms with Crippen LogP contribution in [0.3, 0.4) is 0 Å². The SMILES string of the molecule is CN1Cc2ccccc2[C@H]2CCc3ccccc3[C@@H]21. The predicted molar refractivity (Wildman–Crippen MR) is 78.2 cm³/mol. The number of hydrogen-bond donors (Lipinski definition) is 0. The van der Waals surface area contributed by atoms with Crippen LogP contribution in [0.2, 0.25) is 0 Å². The van der Waals surface area contributed by atoms with E-state index >= 15 is 0 Å². The Morgan fingerprint density at radius 2 is 1.58 bits per heavy atom. The normalized spacial score (nSPS) is 25.3. The zero-order chi connectivity index (χ0) is 12.8. The molecule has 1 aliphatic heterocycles. The van der Waals surface area contributed by atoms with Gasteiger partial charge in [-0.25, -0.2) is 0 Å². The smallest absolute Gasteiger partial charge is 0.0420 e. The Morgan fingerprint density at radius 1 is 0.895 bits per heavy atom. The molecule has 0 aromatic heterocycles. The van der Waals surface area contributed by atoms with Gasteiger partial charge < -0.3 is 0 Å². The van der Waals surface area contributed by atoms with Gasteiger partial charge in [0.05, 0.1) is 0 Å². The molecule has 2 atom stereocenters. The summed E-state index contributed by atoms with van der Waals surface area (Å²) in [4.78, 5) is 2.53. The average molecular weight is 249 g/mol. The first-order chi connectivity index (χ1) is 9.34. The number of rotatable bonds is 0. The molecule has 0 radical (unpaired) electrons. The van der Waals surface area contributed by atoms with Crippen LogP contribution in [-0.2, 0) is 13.0 Å². The third-order valence-electron chi connectivity index (χ3n) is 4.83. The van der Waals surface area contributed by atoms with Gasteiger partial charge in [0, 0.05) is 18.5 Å². The average Bonchev–Trinajstić information content (AvgIpc) is 2.46. The lowest BCUT2D eigenvalue weighted by molar-refractivity contribution is 0.170. The van der Waals surface area contributed by atoms with E-state index < -0.39 is 0 Å². The molecular formula is C18H19N. The summed E-state index contributed by atoms with van der Waals surface area (Å²) < 4.78 is 0. The molecule has 0 saturated carbocycles. The highest BCUT2D eigenvalue weighted by Gasteiger charge is 2.37. The van der Waals surface area contributed by atoms with Gasteiger partial charge in [-0.2, -0.15) is 0 Å². The Kier molecular flexibility index (Phi) is 2.49. The lowest BCUT2D eigenvalue weighted by Crippen LogP contribution is -2.37. The van der Waals surface area contributed by atoms with Crippen LogP contribution in [0.1, 0.15) is 40.6 Å². The van der Waals surface area contributed by atoms with Crippen LogP contribution in [0.25, 0.3) is 0 Å². The van der Waals surface area contributed by atoms with Gasteiger partial charge in [-0.15, -0.1) is 0 Å². The molecule has 1 heteroatoms. The maximum Gasteiger partial charge on any atom is 0.0420 e. The molecule has 0 fully saturated rings. The van der Waals surface area contributed by atoms with Gasteiger partial charge in [0.1, 0.15) is 0 Å². The van der Waals surface area contributed by atoms with Crippen molar-refractivity contribution < 1.29 is 0 Å². The Morgan fingerprint density at radius 3 is 2.42 bits per heavy atom. The Balaban J connectivity index is 1.87. The Bertz CT molecular complexity index is 617. The van der Waals surface area contributed by atoms with Crippen molar-refractivity contribution in [3.8, 4) is 0 Å². The Labute approximate surface area is 114 Å². The van der Waals surface area contributed by atoms with E-state index in [1.54, 1.807) is 16.7 Å². The maximum atomic E-state index is 2.53. The fourth-order valence-electron chi connectivity index (χ4n) is 4.01. The molecule has 4 rings (SSSR count). The van der Waals surface area contributed by atoms with Crippen molar-refractivity contribution >= 4 is 0 Å². The van der Waals surface area contributed by atoms with Crippen molar-refractivity contribution in [3.63, 3.8) is 0 Å². The molecule has 0 amide bonds. The second-order valence-corrected chi connectivity index (χ2v) is 5.90. The van der Waals surface area contributed by atoms with E-state index in [0.717, 1.165) is 6.54 Å². The number of benzene rings is 2. The molecule has 96 valence electrons. The molecule has 2 aromatic rings. The number of aryl methyl sites for hydroxylation is 1. The number of hydrogen-bond acceptors (Lipinski definition) is 1. The lowest BCUT2D eigenvalue weighted by Gasteiger charge is -2.44. The molecule has 1 aliphatic carbocycles. The molecule has 0 unspecified atom stereocenters. The lowest BCUT2D eigenvalue weighted by atomic mass is 9.72. The van der Waals surface area contributed by atoms with E-state index in [9.17, 15) is 0 Å². The van der Waals surface area contributed by atoms with E-state index in [1.807, 2.05) is 0 Å². The minimum absolute atomic E-state index is 0.569. The summed E-state index contributed by atoms with van der Waals surface area (Å²) >= 11 is 0. The van der Waals surface area contributed by atoms with Crippen LogP contribution < -0.4 is 0 Å². The first-order valence-electron chi connectivity index (χ1n) is 7.20. The van der Waals surface area contributed by atoms with Gasteiger partial charge in [-0.1, -0.05) is 48.5 Å². The van der Waals surface area contributed by atoms with Crippen LogP contribution in [-0.4, -0.2) is 11.9 Å². The maximum absolute atomic E-state index is 2.53. The zero-order valence-electron chi connectivity index (χ0n) is 11.3. The zero-order valence-corrected chi connectivity index (χ0v) is 11.3. The minimum Gasteiger partial charge on any atom is -0.294 e. The summed E-state index contributed by atoms with van der Waals surface area (Å²) in [5.41, 5.74) is 6.21. The van der Waals surface area contributed by atoms with Crippen LogP contribution in [0.4, 0.5) is 0 Å². The van der Waals surface area contributed by atoms with E-state index in [1.165, 1.54) is 18.4 Å². The van der Waals surface area contributed by atoms with E-state index in [0.29, 0.717) is 12.0 Å². The third-order valence-corrected chi connectivity index (χ3v) is 4.83. The van der Waals surface area contributed by atoms with Crippen molar-refractivity contribution in [2.45, 2.75) is 31.3 Å². The molecule has 0 N–H and O–H groups in total. The monoisotopic (exact) mass is 249 g/mol. The van der Waals surface area contributed by atoms with E-state index in [4.69, 9.17) is 0 Å². The molecule has 0 spiro atoms. The topological polar surface area (TPSA) is 3.24 Å². The van der Waals surface area contributed by atoms with Gasteiger partial charge >= 0.3 is 0 Å². The van der Waals surface area contributed by atoms with Gasteiger partial charge in [-0.05, 0) is 42.1 Å². The van der Waals surface area contributed by atoms with Crippen molar-refractivity contribution in [1.82, 2.24) is 4.90 Å². The van der Waals surface area contributed by atoms with Gasteiger partial charge in [0.25, 0.3) is 0 Å². The van der Waals surface area contributed by atoms with Crippen molar-refractivity contribution in [2.24, 2.45) is 0 Å². The van der Waals surface area contributed by atoms with Crippen LogP contribution in [0, 0.1) is 0 Å². The Hall–Kier alpha value is -1.60. The summed E-state index contributed by atoms with van der Waals surface area (Å²) in [5, 5.41) is 0. The molecular weight excluding hydrogens is 230 g/mol. The summed E-state index contributed by atoms with van der Waals surface area (Å²) in [5.74, 6) is 0.671. The van der Waals surface area contributed by atoms with Gasteiger partial charge in [0.15, 0.2) is 0 Å². The van der Waals surface area contributed by atoms with Crippen LogP contribution in [0.15, 0.2) is 48.5 Å². The molecule has 0 bridgehead atoms. The number of likely N-dealkylation sites (N-methyl/N-ethyl adjacent to an activating group) is 1. The second kappa shape index (κ2) is 4.21. The molecule has 19 heavy (non-hydrogen) atoms. The summed E-state index contributed by atoms with van der Waals surface area (Å²) in [6.45, 7) is 1.08. The fourth-order valence-corrected chi connectivity index (χ4v) is 4.01. The number of nitrogens with zero attached hydrogens (tertiary/aromatic N) is 1. The first-order valence-corrected chi connectivity index (χ1v) is 7.20. The van der Waals surface area contributed by atoms with Crippen LogP contribution in [0.5, 0.6) is 0 Å². The molecule has 2 aliphatic rings. The highest BCUT2D eigenvalue weighted by molar-refractivity contribution is 5.42. The van der Waals surface area contributed by atoms with Crippen molar-refractivity contribution in [2.75, 3.05) is 7.05 Å². The summed E-state index contributed by atoms with van der Waals surface area (Å²) in [6, 6.07) is 18.6. The standard InChI is InChI=1S/C18H19N/c1-19-12-14-7-3-4-8-15(14)17-11-10-13-6-2-5-9-16(13)18(17)19/h2-9,17-18H,10-12H2,1H3/t17-,18+/m1/s1. The predicted octanol–water partition coefficient (Wildman–Crippen LogP) is 3.90. The van der Waals surface area contributed by atoms with Crippen molar-refractivity contribution in [3.05, 3.63) is 70.8 Å². The number of fused-ring (bicyclic) bond motifs is 5. The molecule has 1 heterocycles. The fraction of sp³-hybridized carbons (Fsp3) is 0.333. The quantitative estimate of drug-likeness (QED) is 0.684. The highest BCUT2D eigenvalue weighted by Crippen LogP contribution is 2.48. The largest absolute Gasteiger partial charge is 0.294 e. The highest BCUT2D eigenvalue weighted by atomic mass is 15.1. The molecule has 0 saturated heterocycles.